The number of terminal acetylenes is 1. The van der Waals surface area contributed by atoms with Gasteiger partial charge in [-0.15, -0.1) is 6.42 Å². The molecule has 0 amide bonds. The molecule has 1 unspecified atom stereocenters. The molecule has 1 aliphatic rings. The van der Waals surface area contributed by atoms with E-state index in [0.29, 0.717) is 0 Å². The highest BCUT2D eigenvalue weighted by molar-refractivity contribution is 7.52. The van der Waals surface area contributed by atoms with Crippen LogP contribution < -0.4 is 20.9 Å². The van der Waals surface area contributed by atoms with Crippen molar-refractivity contribution in [3.8, 4) is 18.1 Å². The fourth-order valence-corrected chi connectivity index (χ4v) is 4.37. The van der Waals surface area contributed by atoms with Crippen LogP contribution in [0.2, 0.25) is 0 Å². The van der Waals surface area contributed by atoms with Crippen molar-refractivity contribution in [2.24, 2.45) is 0 Å². The van der Waals surface area contributed by atoms with Gasteiger partial charge in [0, 0.05) is 11.8 Å². The molecule has 0 saturated heterocycles. The molecular formula is C21H22N3O8P. The normalized spacial score (nSPS) is 22.3. The summed E-state index contributed by atoms with van der Waals surface area (Å²) in [7, 11) is -4.23. The number of aromatic nitrogens is 2. The number of H-pyrrole nitrogens is 1. The Labute approximate surface area is 188 Å². The summed E-state index contributed by atoms with van der Waals surface area (Å²) < 4.78 is 31.2. The van der Waals surface area contributed by atoms with Gasteiger partial charge in [-0.25, -0.2) is 9.36 Å². The van der Waals surface area contributed by atoms with Crippen molar-refractivity contribution < 1.29 is 28.3 Å². The van der Waals surface area contributed by atoms with Crippen LogP contribution in [-0.2, 0) is 18.6 Å². The van der Waals surface area contributed by atoms with Crippen molar-refractivity contribution in [2.75, 3.05) is 6.61 Å². The Bertz CT molecular complexity index is 1260. The molecule has 0 saturated carbocycles. The van der Waals surface area contributed by atoms with Crippen molar-refractivity contribution >= 4 is 13.7 Å². The second kappa shape index (κ2) is 9.60. The van der Waals surface area contributed by atoms with E-state index in [0.717, 1.165) is 4.57 Å². The summed E-state index contributed by atoms with van der Waals surface area (Å²) in [6.07, 6.45) is 8.92. The summed E-state index contributed by atoms with van der Waals surface area (Å²) in [5.41, 5.74) is -2.49. The molecule has 1 aliphatic heterocycles. The number of carboxylic acids is 1. The summed E-state index contributed by atoms with van der Waals surface area (Å²) in [5, 5.41) is 11.5. The van der Waals surface area contributed by atoms with E-state index >= 15 is 0 Å². The first-order valence-electron chi connectivity index (χ1n) is 9.73. The van der Waals surface area contributed by atoms with Gasteiger partial charge in [0.2, 0.25) is 0 Å². The van der Waals surface area contributed by atoms with Gasteiger partial charge in [0.15, 0.2) is 11.8 Å². The molecule has 2 heterocycles. The molecule has 2 aromatic rings. The zero-order chi connectivity index (χ0) is 24.2. The molecule has 0 spiro atoms. The molecule has 3 N–H and O–H groups in total. The van der Waals surface area contributed by atoms with Crippen molar-refractivity contribution in [1.82, 2.24) is 14.6 Å². The van der Waals surface area contributed by atoms with Crippen LogP contribution >= 0.6 is 7.75 Å². The smallest absolute Gasteiger partial charge is 0.459 e. The first kappa shape index (κ1) is 24.2. The topological polar surface area (TPSA) is 149 Å². The standard InChI is InChI=1S/C21H22N3O8P/c1-4-21(11-10-17(31-21)24-12-14(2)18(25)22-20(24)28)13-30-33(29,23-15(3)19(26)27)32-16-8-6-5-7-9-16/h1,5-12,15,17H,13H2,2-3H3,(H,23,29)(H,26,27)(H,22,25,28)/t15-,17+,21-,33?/m0/s1. The number of nitrogens with one attached hydrogen (secondary N) is 2. The van der Waals surface area contributed by atoms with E-state index in [-0.39, 0.29) is 11.3 Å². The van der Waals surface area contributed by atoms with Crippen LogP contribution in [0.1, 0.15) is 18.7 Å². The minimum absolute atomic E-state index is 0.178. The number of nitrogens with zero attached hydrogens (tertiary/aromatic N) is 1. The molecule has 4 atom stereocenters. The Kier molecular flexibility index (Phi) is 7.05. The number of aromatic amines is 1. The first-order valence-corrected chi connectivity index (χ1v) is 11.3. The maximum Gasteiger partial charge on any atom is 0.459 e. The van der Waals surface area contributed by atoms with Crippen LogP contribution in [0, 0.1) is 19.3 Å². The molecule has 0 radical (unpaired) electrons. The number of aliphatic carboxylic acids is 1. The van der Waals surface area contributed by atoms with Crippen LogP contribution in [0.15, 0.2) is 58.3 Å². The predicted molar refractivity (Wildman–Crippen MR) is 118 cm³/mol. The molecule has 12 heteroatoms. The van der Waals surface area contributed by atoms with E-state index in [4.69, 9.17) is 20.2 Å². The molecule has 0 fully saturated rings. The highest BCUT2D eigenvalue weighted by Crippen LogP contribution is 2.46. The van der Waals surface area contributed by atoms with Crippen molar-refractivity contribution in [3.05, 3.63) is 75.1 Å². The quantitative estimate of drug-likeness (QED) is 0.279. The van der Waals surface area contributed by atoms with Crippen LogP contribution in [0.25, 0.3) is 0 Å². The van der Waals surface area contributed by atoms with Crippen LogP contribution in [0.5, 0.6) is 5.75 Å². The average Bonchev–Trinajstić information content (AvgIpc) is 3.20. The lowest BCUT2D eigenvalue weighted by molar-refractivity contribution is -0.138. The van der Waals surface area contributed by atoms with Gasteiger partial charge in [-0.05, 0) is 38.1 Å². The van der Waals surface area contributed by atoms with Crippen molar-refractivity contribution in [1.29, 1.82) is 0 Å². The Morgan fingerprint density at radius 2 is 2.12 bits per heavy atom. The number of hydrogen-bond donors (Lipinski definition) is 3. The molecule has 1 aromatic heterocycles. The summed E-state index contributed by atoms with van der Waals surface area (Å²) >= 11 is 0. The van der Waals surface area contributed by atoms with Gasteiger partial charge >= 0.3 is 19.4 Å². The number of para-hydroxylation sites is 1. The van der Waals surface area contributed by atoms with E-state index in [2.05, 4.69) is 16.0 Å². The average molecular weight is 475 g/mol. The summed E-state index contributed by atoms with van der Waals surface area (Å²) in [6, 6.07) is 6.77. The number of ether oxygens (including phenoxy) is 1. The maximum atomic E-state index is 13.3. The predicted octanol–water partition coefficient (Wildman–Crippen LogP) is 1.57. The second-order valence-electron chi connectivity index (χ2n) is 7.24. The number of rotatable bonds is 9. The van der Waals surface area contributed by atoms with E-state index in [9.17, 15) is 24.1 Å². The largest absolute Gasteiger partial charge is 0.480 e. The van der Waals surface area contributed by atoms with Crippen LogP contribution in [-0.4, -0.2) is 38.9 Å². The maximum absolute atomic E-state index is 13.3. The fraction of sp³-hybridized carbons (Fsp3) is 0.286. The molecule has 0 bridgehead atoms. The van der Waals surface area contributed by atoms with E-state index in [1.807, 2.05) is 0 Å². The van der Waals surface area contributed by atoms with E-state index in [1.165, 1.54) is 44.3 Å². The molecule has 0 aliphatic carbocycles. The lowest BCUT2D eigenvalue weighted by Crippen LogP contribution is -2.38. The van der Waals surface area contributed by atoms with Gasteiger partial charge < -0.3 is 14.4 Å². The minimum Gasteiger partial charge on any atom is -0.480 e. The van der Waals surface area contributed by atoms with Gasteiger partial charge in [0.1, 0.15) is 18.4 Å². The van der Waals surface area contributed by atoms with Gasteiger partial charge in [-0.2, -0.15) is 5.09 Å². The Hall–Kier alpha value is -3.42. The van der Waals surface area contributed by atoms with Crippen LogP contribution in [0.4, 0.5) is 0 Å². The highest BCUT2D eigenvalue weighted by Gasteiger charge is 2.40. The third kappa shape index (κ3) is 5.69. The molecule has 1 aromatic carbocycles. The van der Waals surface area contributed by atoms with Crippen LogP contribution in [0.3, 0.4) is 0 Å². The highest BCUT2D eigenvalue weighted by atomic mass is 31.2. The Balaban J connectivity index is 1.81. The molecule has 33 heavy (non-hydrogen) atoms. The Morgan fingerprint density at radius 3 is 2.76 bits per heavy atom. The second-order valence-corrected chi connectivity index (χ2v) is 8.94. The molecule has 174 valence electrons. The third-order valence-electron chi connectivity index (χ3n) is 4.67. The molecule has 3 rings (SSSR count). The zero-order valence-electron chi connectivity index (χ0n) is 17.8. The first-order chi connectivity index (χ1) is 15.6. The number of benzene rings is 1. The van der Waals surface area contributed by atoms with E-state index < -0.39 is 49.4 Å². The third-order valence-corrected chi connectivity index (χ3v) is 6.29. The fourth-order valence-electron chi connectivity index (χ4n) is 2.85. The lowest BCUT2D eigenvalue weighted by atomic mass is 10.1. The minimum atomic E-state index is -4.23. The van der Waals surface area contributed by atoms with Gasteiger partial charge in [0.05, 0.1) is 0 Å². The summed E-state index contributed by atoms with van der Waals surface area (Å²) in [6.45, 7) is 2.31. The summed E-state index contributed by atoms with van der Waals surface area (Å²) in [5.74, 6) is 1.30. The SMILES string of the molecule is C#C[C@@]1(COP(=O)(N[C@@H](C)C(=O)O)Oc2ccccc2)C=C[C@H](n2cc(C)c(=O)[nH]c2=O)O1. The van der Waals surface area contributed by atoms with Gasteiger partial charge in [-0.1, -0.05) is 24.1 Å². The van der Waals surface area contributed by atoms with Crippen molar-refractivity contribution in [2.45, 2.75) is 31.7 Å². The number of aryl methyl sites for hydroxylation is 1. The monoisotopic (exact) mass is 475 g/mol. The van der Waals surface area contributed by atoms with Gasteiger partial charge in [0.25, 0.3) is 5.56 Å². The number of carbonyl (C=O) groups is 1. The summed E-state index contributed by atoms with van der Waals surface area (Å²) in [4.78, 5) is 37.2. The molecular weight excluding hydrogens is 453 g/mol. The lowest BCUT2D eigenvalue weighted by Gasteiger charge is -2.27. The number of hydrogen-bond acceptors (Lipinski definition) is 7. The Morgan fingerprint density at radius 1 is 1.42 bits per heavy atom. The molecule has 11 nitrogen and oxygen atoms in total. The zero-order valence-corrected chi connectivity index (χ0v) is 18.7. The van der Waals surface area contributed by atoms with Crippen molar-refractivity contribution in [3.63, 3.8) is 0 Å². The van der Waals surface area contributed by atoms with E-state index in [1.54, 1.807) is 18.2 Å². The number of carboxylic acid groups (broad SMARTS) is 1. The van der Waals surface area contributed by atoms with Gasteiger partial charge in [-0.3, -0.25) is 23.7 Å².